The average Bonchev–Trinajstić information content (AvgIpc) is 1.94. The summed E-state index contributed by atoms with van der Waals surface area (Å²) in [6, 6.07) is 0. The van der Waals surface area contributed by atoms with Crippen molar-refractivity contribution in [3.05, 3.63) is 0 Å². The second-order valence-electron chi connectivity index (χ2n) is 2.70. The van der Waals surface area contributed by atoms with E-state index >= 15 is 0 Å². The molecule has 3 atom stereocenters. The standard InChI is InChI=1S/C7H14O3/c1-5-3-4-6(8)7(9-2)10-5/h5-8H,3-4H2,1-2H3/t5-,6-,7?/m0/s1. The summed E-state index contributed by atoms with van der Waals surface area (Å²) in [7, 11) is 1.55. The van der Waals surface area contributed by atoms with Gasteiger partial charge in [0.05, 0.1) is 6.10 Å². The Bertz CT molecular complexity index is 105. The highest BCUT2D eigenvalue weighted by atomic mass is 16.7. The second kappa shape index (κ2) is 3.32. The first kappa shape index (κ1) is 7.98. The lowest BCUT2D eigenvalue weighted by atomic mass is 10.1. The number of aliphatic hydroxyl groups is 1. The topological polar surface area (TPSA) is 38.7 Å². The molecule has 0 bridgehead atoms. The summed E-state index contributed by atoms with van der Waals surface area (Å²) in [5.74, 6) is 0. The molecule has 1 aliphatic heterocycles. The van der Waals surface area contributed by atoms with Crippen molar-refractivity contribution < 1.29 is 14.6 Å². The first-order chi connectivity index (χ1) is 4.74. The largest absolute Gasteiger partial charge is 0.388 e. The third-order valence-corrected chi connectivity index (χ3v) is 1.78. The van der Waals surface area contributed by atoms with E-state index in [1.165, 1.54) is 0 Å². The Labute approximate surface area is 60.9 Å². The van der Waals surface area contributed by atoms with E-state index in [4.69, 9.17) is 9.47 Å². The van der Waals surface area contributed by atoms with E-state index in [-0.39, 0.29) is 6.10 Å². The van der Waals surface area contributed by atoms with E-state index in [2.05, 4.69) is 0 Å². The molecule has 0 saturated carbocycles. The molecule has 1 fully saturated rings. The summed E-state index contributed by atoms with van der Waals surface area (Å²) in [6.45, 7) is 1.98. The van der Waals surface area contributed by atoms with E-state index < -0.39 is 12.4 Å². The van der Waals surface area contributed by atoms with Crippen LogP contribution in [0.15, 0.2) is 0 Å². The number of aliphatic hydroxyl groups excluding tert-OH is 1. The Morgan fingerprint density at radius 1 is 1.50 bits per heavy atom. The van der Waals surface area contributed by atoms with Gasteiger partial charge in [-0.15, -0.1) is 0 Å². The molecule has 1 unspecified atom stereocenters. The highest BCUT2D eigenvalue weighted by molar-refractivity contribution is 4.69. The zero-order chi connectivity index (χ0) is 7.56. The van der Waals surface area contributed by atoms with Crippen LogP contribution in [0.4, 0.5) is 0 Å². The van der Waals surface area contributed by atoms with Gasteiger partial charge in [0, 0.05) is 7.11 Å². The zero-order valence-electron chi connectivity index (χ0n) is 6.41. The molecule has 0 aromatic rings. The van der Waals surface area contributed by atoms with Crippen LogP contribution in [0.1, 0.15) is 19.8 Å². The molecule has 3 heteroatoms. The molecule has 1 N–H and O–H groups in total. The molecule has 0 spiro atoms. The SMILES string of the molecule is COC1O[C@@H](C)CC[C@@H]1O. The van der Waals surface area contributed by atoms with Gasteiger partial charge >= 0.3 is 0 Å². The fourth-order valence-electron chi connectivity index (χ4n) is 1.14. The van der Waals surface area contributed by atoms with E-state index in [1.807, 2.05) is 6.92 Å². The van der Waals surface area contributed by atoms with Crippen molar-refractivity contribution in [2.24, 2.45) is 0 Å². The number of methoxy groups -OCH3 is 1. The predicted molar refractivity (Wildman–Crippen MR) is 36.6 cm³/mol. The Balaban J connectivity index is 2.38. The van der Waals surface area contributed by atoms with Gasteiger partial charge in [-0.2, -0.15) is 0 Å². The smallest absolute Gasteiger partial charge is 0.183 e. The van der Waals surface area contributed by atoms with Crippen molar-refractivity contribution in [1.82, 2.24) is 0 Å². The maximum absolute atomic E-state index is 9.24. The van der Waals surface area contributed by atoms with E-state index in [0.29, 0.717) is 0 Å². The van der Waals surface area contributed by atoms with Crippen LogP contribution < -0.4 is 0 Å². The van der Waals surface area contributed by atoms with Crippen LogP contribution >= 0.6 is 0 Å². The minimum Gasteiger partial charge on any atom is -0.388 e. The van der Waals surface area contributed by atoms with E-state index in [9.17, 15) is 5.11 Å². The lowest BCUT2D eigenvalue weighted by molar-refractivity contribution is -0.224. The maximum atomic E-state index is 9.24. The summed E-state index contributed by atoms with van der Waals surface area (Å²) >= 11 is 0. The van der Waals surface area contributed by atoms with Crippen LogP contribution in [-0.2, 0) is 9.47 Å². The molecule has 0 radical (unpaired) electrons. The van der Waals surface area contributed by atoms with E-state index in [1.54, 1.807) is 7.11 Å². The average molecular weight is 146 g/mol. The number of rotatable bonds is 1. The molecule has 1 rings (SSSR count). The Hall–Kier alpha value is -0.120. The first-order valence-electron chi connectivity index (χ1n) is 3.60. The van der Waals surface area contributed by atoms with Crippen LogP contribution in [0.25, 0.3) is 0 Å². The van der Waals surface area contributed by atoms with Gasteiger partial charge in [0.1, 0.15) is 6.10 Å². The van der Waals surface area contributed by atoms with E-state index in [0.717, 1.165) is 12.8 Å². The normalized spacial score (nSPS) is 41.7. The van der Waals surface area contributed by atoms with Gasteiger partial charge in [-0.1, -0.05) is 0 Å². The van der Waals surface area contributed by atoms with Crippen molar-refractivity contribution >= 4 is 0 Å². The zero-order valence-corrected chi connectivity index (χ0v) is 6.41. The van der Waals surface area contributed by atoms with Crippen LogP contribution in [-0.4, -0.2) is 30.7 Å². The van der Waals surface area contributed by atoms with Crippen molar-refractivity contribution in [2.75, 3.05) is 7.11 Å². The van der Waals surface area contributed by atoms with Crippen LogP contribution in [0.3, 0.4) is 0 Å². The van der Waals surface area contributed by atoms with Gasteiger partial charge in [-0.25, -0.2) is 0 Å². The predicted octanol–water partition coefficient (Wildman–Crippen LogP) is 0.519. The molecule has 0 aromatic carbocycles. The Morgan fingerprint density at radius 2 is 2.20 bits per heavy atom. The fraction of sp³-hybridized carbons (Fsp3) is 1.00. The maximum Gasteiger partial charge on any atom is 0.183 e. The van der Waals surface area contributed by atoms with Gasteiger partial charge < -0.3 is 14.6 Å². The van der Waals surface area contributed by atoms with Gasteiger partial charge in [0.15, 0.2) is 6.29 Å². The summed E-state index contributed by atoms with van der Waals surface area (Å²) in [6.07, 6.45) is 1.05. The van der Waals surface area contributed by atoms with Gasteiger partial charge in [0.2, 0.25) is 0 Å². The minimum atomic E-state index is -0.443. The third-order valence-electron chi connectivity index (χ3n) is 1.78. The highest BCUT2D eigenvalue weighted by Crippen LogP contribution is 2.19. The number of hydrogen-bond donors (Lipinski definition) is 1. The molecular formula is C7H14O3. The Morgan fingerprint density at radius 3 is 2.70 bits per heavy atom. The fourth-order valence-corrected chi connectivity index (χ4v) is 1.14. The molecule has 3 nitrogen and oxygen atoms in total. The lowest BCUT2D eigenvalue weighted by Gasteiger charge is -2.30. The van der Waals surface area contributed by atoms with Crippen LogP contribution in [0.2, 0.25) is 0 Å². The van der Waals surface area contributed by atoms with Crippen LogP contribution in [0, 0.1) is 0 Å². The monoisotopic (exact) mass is 146 g/mol. The summed E-state index contributed by atoms with van der Waals surface area (Å²) in [4.78, 5) is 0. The summed E-state index contributed by atoms with van der Waals surface area (Å²) in [5, 5.41) is 9.24. The summed E-state index contributed by atoms with van der Waals surface area (Å²) in [5.41, 5.74) is 0. The third kappa shape index (κ3) is 1.68. The minimum absolute atomic E-state index is 0.216. The lowest BCUT2D eigenvalue weighted by Crippen LogP contribution is -2.38. The Kier molecular flexibility index (Phi) is 2.65. The van der Waals surface area contributed by atoms with Crippen LogP contribution in [0.5, 0.6) is 0 Å². The highest BCUT2D eigenvalue weighted by Gasteiger charge is 2.26. The molecule has 0 aliphatic carbocycles. The molecule has 60 valence electrons. The van der Waals surface area contributed by atoms with Crippen molar-refractivity contribution in [1.29, 1.82) is 0 Å². The molecule has 0 amide bonds. The molecule has 1 saturated heterocycles. The second-order valence-corrected chi connectivity index (χ2v) is 2.70. The summed E-state index contributed by atoms with van der Waals surface area (Å²) < 4.78 is 10.2. The number of ether oxygens (including phenoxy) is 2. The molecule has 1 heterocycles. The molecular weight excluding hydrogens is 132 g/mol. The van der Waals surface area contributed by atoms with Crippen molar-refractivity contribution in [3.8, 4) is 0 Å². The van der Waals surface area contributed by atoms with Gasteiger partial charge in [-0.3, -0.25) is 0 Å². The molecule has 1 aliphatic rings. The number of hydrogen-bond acceptors (Lipinski definition) is 3. The van der Waals surface area contributed by atoms with Gasteiger partial charge in [-0.05, 0) is 19.8 Å². The van der Waals surface area contributed by atoms with Gasteiger partial charge in [0.25, 0.3) is 0 Å². The quantitative estimate of drug-likeness (QED) is 0.586. The molecule has 10 heavy (non-hydrogen) atoms. The van der Waals surface area contributed by atoms with Crippen molar-refractivity contribution in [3.63, 3.8) is 0 Å². The first-order valence-corrected chi connectivity index (χ1v) is 3.60. The van der Waals surface area contributed by atoms with Crippen molar-refractivity contribution in [2.45, 2.75) is 38.3 Å². The molecule has 0 aromatic heterocycles.